The molecule has 0 aromatic heterocycles. The first-order valence-corrected chi connectivity index (χ1v) is 8.28. The first kappa shape index (κ1) is 20.1. The first-order chi connectivity index (χ1) is 12.3. The number of aldehydes is 1. The Bertz CT molecular complexity index is 696. The minimum Gasteiger partial charge on any atom is -0.383 e. The highest BCUT2D eigenvalue weighted by atomic mass is 19.4. The van der Waals surface area contributed by atoms with Crippen LogP contribution in [0.4, 0.5) is 13.2 Å². The highest BCUT2D eigenvalue weighted by molar-refractivity contribution is 5.74. The second-order valence-electron chi connectivity index (χ2n) is 6.21. The van der Waals surface area contributed by atoms with Crippen molar-refractivity contribution in [1.82, 2.24) is 5.32 Å². The van der Waals surface area contributed by atoms with Gasteiger partial charge >= 0.3 is 6.18 Å². The van der Waals surface area contributed by atoms with Gasteiger partial charge in [0, 0.05) is 18.7 Å². The summed E-state index contributed by atoms with van der Waals surface area (Å²) in [5, 5.41) is 3.42. The lowest BCUT2D eigenvalue weighted by Gasteiger charge is -2.24. The molecule has 0 heterocycles. The van der Waals surface area contributed by atoms with Crippen LogP contribution in [0.5, 0.6) is 0 Å². The highest BCUT2D eigenvalue weighted by Gasteiger charge is 2.27. The Labute approximate surface area is 151 Å². The van der Waals surface area contributed by atoms with Crippen LogP contribution in [0.15, 0.2) is 48.5 Å². The molecular weight excluding hydrogens is 343 g/mol. The van der Waals surface area contributed by atoms with Gasteiger partial charge in [-0.25, -0.2) is 0 Å². The lowest BCUT2D eigenvalue weighted by molar-refractivity contribution is -0.127. The fourth-order valence-electron chi connectivity index (χ4n) is 2.77. The van der Waals surface area contributed by atoms with Gasteiger partial charge in [-0.2, -0.15) is 13.2 Å². The summed E-state index contributed by atoms with van der Waals surface area (Å²) < 4.78 is 42.6. The van der Waals surface area contributed by atoms with Crippen LogP contribution in [-0.4, -0.2) is 26.2 Å². The van der Waals surface area contributed by atoms with Gasteiger partial charge < -0.3 is 10.1 Å². The molecule has 0 aliphatic rings. The monoisotopic (exact) mass is 365 g/mol. The van der Waals surface area contributed by atoms with Gasteiger partial charge in [-0.05, 0) is 23.6 Å². The first-order valence-electron chi connectivity index (χ1n) is 8.28. The number of nitrogens with one attached hydrogen (secondary N) is 1. The van der Waals surface area contributed by atoms with E-state index in [2.05, 4.69) is 5.32 Å². The summed E-state index contributed by atoms with van der Waals surface area (Å²) in [4.78, 5) is 10.8. The van der Waals surface area contributed by atoms with E-state index in [1.807, 2.05) is 19.1 Å². The molecule has 2 aromatic rings. The van der Waals surface area contributed by atoms with Crippen molar-refractivity contribution in [2.75, 3.05) is 13.7 Å². The second-order valence-corrected chi connectivity index (χ2v) is 6.21. The Morgan fingerprint density at radius 2 is 1.62 bits per heavy atom. The van der Waals surface area contributed by atoms with E-state index in [1.54, 1.807) is 31.4 Å². The van der Waals surface area contributed by atoms with Gasteiger partial charge in [-0.1, -0.05) is 48.5 Å². The molecule has 0 fully saturated rings. The van der Waals surface area contributed by atoms with Crippen molar-refractivity contribution >= 4 is 6.29 Å². The third-order valence-corrected chi connectivity index (χ3v) is 4.14. The van der Waals surface area contributed by atoms with E-state index in [1.165, 1.54) is 12.1 Å². The normalized spacial score (nSPS) is 14.0. The maximum Gasteiger partial charge on any atom is 0.393 e. The number of hydrogen-bond acceptors (Lipinski definition) is 3. The van der Waals surface area contributed by atoms with Crippen LogP contribution in [-0.2, 0) is 11.2 Å². The Hall–Kier alpha value is -2.18. The average molecular weight is 365 g/mol. The van der Waals surface area contributed by atoms with E-state index in [0.29, 0.717) is 12.2 Å². The van der Waals surface area contributed by atoms with Crippen LogP contribution in [0.2, 0.25) is 0 Å². The minimum absolute atomic E-state index is 0.0826. The van der Waals surface area contributed by atoms with E-state index in [4.69, 9.17) is 4.74 Å². The standard InChI is InChI=1S/C20H22F3NO2/c1-14(17-7-3-15(4-8-17)11-20(21,22)23)24-19(13-26-2)18-9-5-16(12-25)6-10-18/h3-10,12,14,19,24H,11,13H2,1-2H3. The number of carbonyl (C=O) groups excluding carboxylic acids is 1. The molecule has 0 aliphatic heterocycles. The fourth-order valence-corrected chi connectivity index (χ4v) is 2.77. The molecular formula is C20H22F3NO2. The molecule has 6 heteroatoms. The summed E-state index contributed by atoms with van der Waals surface area (Å²) in [5.41, 5.74) is 2.70. The summed E-state index contributed by atoms with van der Waals surface area (Å²) in [5.74, 6) is 0. The van der Waals surface area contributed by atoms with E-state index in [0.717, 1.165) is 17.4 Å². The molecule has 0 bridgehead atoms. The van der Waals surface area contributed by atoms with Crippen molar-refractivity contribution in [3.05, 3.63) is 70.8 Å². The molecule has 0 saturated heterocycles. The van der Waals surface area contributed by atoms with Crippen molar-refractivity contribution in [1.29, 1.82) is 0 Å². The number of benzene rings is 2. The molecule has 2 unspecified atom stereocenters. The maximum atomic E-state index is 12.5. The van der Waals surface area contributed by atoms with Gasteiger partial charge in [0.05, 0.1) is 19.1 Å². The third-order valence-electron chi connectivity index (χ3n) is 4.14. The molecule has 0 amide bonds. The number of ether oxygens (including phenoxy) is 1. The largest absolute Gasteiger partial charge is 0.393 e. The Morgan fingerprint density at radius 1 is 1.04 bits per heavy atom. The Balaban J connectivity index is 2.08. The summed E-state index contributed by atoms with van der Waals surface area (Å²) in [6.45, 7) is 2.37. The number of alkyl halides is 3. The molecule has 0 spiro atoms. The highest BCUT2D eigenvalue weighted by Crippen LogP contribution is 2.24. The minimum atomic E-state index is -4.21. The lowest BCUT2D eigenvalue weighted by atomic mass is 10.0. The van der Waals surface area contributed by atoms with E-state index >= 15 is 0 Å². The van der Waals surface area contributed by atoms with Gasteiger partial charge in [0.15, 0.2) is 0 Å². The molecule has 3 nitrogen and oxygen atoms in total. The predicted octanol–water partition coefficient (Wildman–Crippen LogP) is 4.64. The average Bonchev–Trinajstić information content (AvgIpc) is 2.60. The van der Waals surface area contributed by atoms with Crippen LogP contribution in [0.25, 0.3) is 0 Å². The summed E-state index contributed by atoms with van der Waals surface area (Å²) >= 11 is 0. The molecule has 140 valence electrons. The van der Waals surface area contributed by atoms with Crippen molar-refractivity contribution in [2.45, 2.75) is 31.6 Å². The summed E-state index contributed by atoms with van der Waals surface area (Å²) in [6, 6.07) is 13.4. The summed E-state index contributed by atoms with van der Waals surface area (Å²) in [7, 11) is 1.60. The van der Waals surface area contributed by atoms with E-state index in [-0.39, 0.29) is 17.6 Å². The van der Waals surface area contributed by atoms with Crippen molar-refractivity contribution in [3.63, 3.8) is 0 Å². The second kappa shape index (κ2) is 8.96. The molecule has 2 aromatic carbocycles. The Kier molecular flexibility index (Phi) is 6.94. The van der Waals surface area contributed by atoms with Crippen LogP contribution < -0.4 is 5.32 Å². The number of halogens is 3. The molecule has 26 heavy (non-hydrogen) atoms. The molecule has 2 rings (SSSR count). The van der Waals surface area contributed by atoms with Gasteiger partial charge in [0.25, 0.3) is 0 Å². The quantitative estimate of drug-likeness (QED) is 0.693. The topological polar surface area (TPSA) is 38.3 Å². The van der Waals surface area contributed by atoms with Crippen molar-refractivity contribution in [2.24, 2.45) is 0 Å². The predicted molar refractivity (Wildman–Crippen MR) is 94.2 cm³/mol. The Morgan fingerprint density at radius 3 is 2.12 bits per heavy atom. The van der Waals surface area contributed by atoms with Gasteiger partial charge in [-0.15, -0.1) is 0 Å². The number of rotatable bonds is 8. The molecule has 0 saturated carbocycles. The summed E-state index contributed by atoms with van der Waals surface area (Å²) in [6.07, 6.45) is -4.35. The number of methoxy groups -OCH3 is 1. The van der Waals surface area contributed by atoms with E-state index in [9.17, 15) is 18.0 Å². The van der Waals surface area contributed by atoms with Crippen molar-refractivity contribution in [3.8, 4) is 0 Å². The van der Waals surface area contributed by atoms with Crippen molar-refractivity contribution < 1.29 is 22.7 Å². The molecule has 0 aliphatic carbocycles. The van der Waals surface area contributed by atoms with Gasteiger partial charge in [-0.3, -0.25) is 4.79 Å². The van der Waals surface area contributed by atoms with E-state index < -0.39 is 12.6 Å². The number of carbonyl (C=O) groups is 1. The zero-order chi connectivity index (χ0) is 19.2. The third kappa shape index (κ3) is 5.97. The zero-order valence-electron chi connectivity index (χ0n) is 14.7. The smallest absolute Gasteiger partial charge is 0.383 e. The number of hydrogen-bond donors (Lipinski definition) is 1. The molecule has 2 atom stereocenters. The van der Waals surface area contributed by atoms with Gasteiger partial charge in [0.2, 0.25) is 0 Å². The molecule has 0 radical (unpaired) electrons. The van der Waals surface area contributed by atoms with Crippen LogP contribution in [0.3, 0.4) is 0 Å². The van der Waals surface area contributed by atoms with Gasteiger partial charge in [0.1, 0.15) is 6.29 Å². The van der Waals surface area contributed by atoms with Crippen LogP contribution in [0, 0.1) is 0 Å². The maximum absolute atomic E-state index is 12.5. The van der Waals surface area contributed by atoms with Crippen LogP contribution >= 0.6 is 0 Å². The fraction of sp³-hybridized carbons (Fsp3) is 0.350. The molecule has 1 N–H and O–H groups in total. The zero-order valence-corrected chi connectivity index (χ0v) is 14.7. The lowest BCUT2D eigenvalue weighted by Crippen LogP contribution is -2.28. The van der Waals surface area contributed by atoms with Crippen LogP contribution in [0.1, 0.15) is 46.1 Å². The SMILES string of the molecule is COCC(NC(C)c1ccc(CC(F)(F)F)cc1)c1ccc(C=O)cc1.